The minimum atomic E-state index is -0.464. The molecule has 3 heteroatoms. The van der Waals surface area contributed by atoms with Crippen LogP contribution in [0.1, 0.15) is 24.0 Å². The molecule has 0 aromatic heterocycles. The molecule has 0 N–H and O–H groups in total. The van der Waals surface area contributed by atoms with E-state index in [4.69, 9.17) is 6.42 Å². The molecule has 0 aliphatic heterocycles. The SMILES string of the molecule is C#Cc1c(C(C)C=C)cccc1[N+](=O)[O-]. The molecule has 1 unspecified atom stereocenters. The lowest BCUT2D eigenvalue weighted by Crippen LogP contribution is -1.99. The predicted molar refractivity (Wildman–Crippen MR) is 59.6 cm³/mol. The summed E-state index contributed by atoms with van der Waals surface area (Å²) in [6, 6.07) is 4.83. The Morgan fingerprint density at radius 3 is 2.80 bits per heavy atom. The molecule has 0 spiro atoms. The molecular formula is C12H11NO2. The van der Waals surface area contributed by atoms with Crippen LogP contribution in [-0.2, 0) is 0 Å². The molecule has 0 bridgehead atoms. The van der Waals surface area contributed by atoms with Gasteiger partial charge in [0.25, 0.3) is 5.69 Å². The highest BCUT2D eigenvalue weighted by molar-refractivity contribution is 5.56. The van der Waals surface area contributed by atoms with Crippen LogP contribution in [0, 0.1) is 22.5 Å². The fraction of sp³-hybridized carbons (Fsp3) is 0.167. The number of benzene rings is 1. The summed E-state index contributed by atoms with van der Waals surface area (Å²) >= 11 is 0. The van der Waals surface area contributed by atoms with Crippen LogP contribution in [0.5, 0.6) is 0 Å². The van der Waals surface area contributed by atoms with Gasteiger partial charge in [-0.05, 0) is 5.56 Å². The van der Waals surface area contributed by atoms with Crippen LogP contribution in [0.3, 0.4) is 0 Å². The maximum absolute atomic E-state index is 10.7. The highest BCUT2D eigenvalue weighted by Crippen LogP contribution is 2.27. The van der Waals surface area contributed by atoms with E-state index in [1.54, 1.807) is 18.2 Å². The van der Waals surface area contributed by atoms with E-state index in [1.807, 2.05) is 6.92 Å². The average molecular weight is 201 g/mol. The summed E-state index contributed by atoms with van der Waals surface area (Å²) in [5.41, 5.74) is 1.08. The third kappa shape index (κ3) is 2.05. The first-order valence-corrected chi connectivity index (χ1v) is 4.48. The van der Waals surface area contributed by atoms with Gasteiger partial charge in [0.1, 0.15) is 5.56 Å². The smallest absolute Gasteiger partial charge is 0.258 e. The van der Waals surface area contributed by atoms with Crippen LogP contribution >= 0.6 is 0 Å². The number of rotatable bonds is 3. The number of hydrogen-bond acceptors (Lipinski definition) is 2. The maximum atomic E-state index is 10.7. The van der Waals surface area contributed by atoms with E-state index >= 15 is 0 Å². The van der Waals surface area contributed by atoms with Gasteiger partial charge in [0.15, 0.2) is 0 Å². The first-order valence-electron chi connectivity index (χ1n) is 4.48. The minimum Gasteiger partial charge on any atom is -0.258 e. The van der Waals surface area contributed by atoms with Gasteiger partial charge in [-0.2, -0.15) is 0 Å². The lowest BCUT2D eigenvalue weighted by molar-refractivity contribution is -0.385. The van der Waals surface area contributed by atoms with E-state index in [0.29, 0.717) is 5.56 Å². The van der Waals surface area contributed by atoms with Crippen molar-refractivity contribution < 1.29 is 4.92 Å². The summed E-state index contributed by atoms with van der Waals surface area (Å²) in [5, 5.41) is 10.7. The Hall–Kier alpha value is -2.08. The standard InChI is InChI=1S/C12H11NO2/c1-4-9(3)11-7-6-8-12(13(14)15)10(11)5-2/h2,4,6-9H,1H2,3H3. The van der Waals surface area contributed by atoms with Crippen molar-refractivity contribution in [3.8, 4) is 12.3 Å². The van der Waals surface area contributed by atoms with Crippen LogP contribution in [0.4, 0.5) is 5.69 Å². The van der Waals surface area contributed by atoms with E-state index < -0.39 is 4.92 Å². The zero-order valence-corrected chi connectivity index (χ0v) is 8.43. The van der Waals surface area contributed by atoms with Gasteiger partial charge in [0, 0.05) is 12.0 Å². The fourth-order valence-electron chi connectivity index (χ4n) is 1.37. The maximum Gasteiger partial charge on any atom is 0.285 e. The van der Waals surface area contributed by atoms with Crippen LogP contribution in [-0.4, -0.2) is 4.92 Å². The number of allylic oxidation sites excluding steroid dienone is 1. The summed E-state index contributed by atoms with van der Waals surface area (Å²) < 4.78 is 0. The molecule has 1 aromatic rings. The normalized spacial score (nSPS) is 11.5. The van der Waals surface area contributed by atoms with Crippen molar-refractivity contribution in [1.29, 1.82) is 0 Å². The largest absolute Gasteiger partial charge is 0.285 e. The lowest BCUT2D eigenvalue weighted by Gasteiger charge is -2.08. The summed E-state index contributed by atoms with van der Waals surface area (Å²) in [4.78, 5) is 10.3. The summed E-state index contributed by atoms with van der Waals surface area (Å²) in [6.45, 7) is 5.54. The third-order valence-corrected chi connectivity index (χ3v) is 2.26. The fourth-order valence-corrected chi connectivity index (χ4v) is 1.37. The Labute approximate surface area is 88.6 Å². The second-order valence-corrected chi connectivity index (χ2v) is 3.17. The van der Waals surface area contributed by atoms with Crippen molar-refractivity contribution >= 4 is 5.69 Å². The van der Waals surface area contributed by atoms with Crippen LogP contribution < -0.4 is 0 Å². The van der Waals surface area contributed by atoms with E-state index in [9.17, 15) is 10.1 Å². The van der Waals surface area contributed by atoms with Crippen LogP contribution in [0.15, 0.2) is 30.9 Å². The van der Waals surface area contributed by atoms with Crippen molar-refractivity contribution in [2.75, 3.05) is 0 Å². The molecule has 1 atom stereocenters. The molecule has 0 aliphatic carbocycles. The zero-order valence-electron chi connectivity index (χ0n) is 8.43. The molecule has 0 saturated heterocycles. The van der Waals surface area contributed by atoms with E-state index in [0.717, 1.165) is 5.56 Å². The second kappa shape index (κ2) is 4.43. The van der Waals surface area contributed by atoms with Crippen molar-refractivity contribution in [1.82, 2.24) is 0 Å². The third-order valence-electron chi connectivity index (χ3n) is 2.26. The van der Waals surface area contributed by atoms with Crippen molar-refractivity contribution in [3.63, 3.8) is 0 Å². The molecule has 1 rings (SSSR count). The van der Waals surface area contributed by atoms with Crippen LogP contribution in [0.25, 0.3) is 0 Å². The van der Waals surface area contributed by atoms with Gasteiger partial charge in [-0.25, -0.2) is 0 Å². The van der Waals surface area contributed by atoms with Gasteiger partial charge >= 0.3 is 0 Å². The molecule has 1 aromatic carbocycles. The Bertz CT molecular complexity index is 443. The number of nitrogens with zero attached hydrogens (tertiary/aromatic N) is 1. The number of terminal acetylenes is 1. The Balaban J connectivity index is 3.42. The Morgan fingerprint density at radius 2 is 2.33 bits per heavy atom. The molecule has 15 heavy (non-hydrogen) atoms. The highest BCUT2D eigenvalue weighted by atomic mass is 16.6. The predicted octanol–water partition coefficient (Wildman–Crippen LogP) is 2.87. The second-order valence-electron chi connectivity index (χ2n) is 3.17. The van der Waals surface area contributed by atoms with Gasteiger partial charge in [0.2, 0.25) is 0 Å². The van der Waals surface area contributed by atoms with Gasteiger partial charge in [-0.3, -0.25) is 10.1 Å². The first-order chi connectivity index (χ1) is 7.11. The van der Waals surface area contributed by atoms with Crippen LogP contribution in [0.2, 0.25) is 0 Å². The van der Waals surface area contributed by atoms with Crippen molar-refractivity contribution in [2.45, 2.75) is 12.8 Å². The monoisotopic (exact) mass is 201 g/mol. The molecular weight excluding hydrogens is 190 g/mol. The molecule has 0 radical (unpaired) electrons. The van der Waals surface area contributed by atoms with Crippen molar-refractivity contribution in [2.24, 2.45) is 0 Å². The molecule has 0 saturated carbocycles. The molecule has 0 heterocycles. The minimum absolute atomic E-state index is 0.0101. The van der Waals surface area contributed by atoms with E-state index in [1.165, 1.54) is 6.07 Å². The molecule has 3 nitrogen and oxygen atoms in total. The van der Waals surface area contributed by atoms with Gasteiger partial charge in [0.05, 0.1) is 4.92 Å². The number of nitro groups is 1. The van der Waals surface area contributed by atoms with E-state index in [-0.39, 0.29) is 11.6 Å². The zero-order chi connectivity index (χ0) is 11.4. The average Bonchev–Trinajstić information content (AvgIpc) is 2.26. The molecule has 0 fully saturated rings. The summed E-state index contributed by atoms with van der Waals surface area (Å²) in [6.07, 6.45) is 7.00. The number of hydrogen-bond donors (Lipinski definition) is 0. The molecule has 0 amide bonds. The molecule has 76 valence electrons. The van der Waals surface area contributed by atoms with Gasteiger partial charge in [-0.15, -0.1) is 13.0 Å². The van der Waals surface area contributed by atoms with Crippen molar-refractivity contribution in [3.05, 3.63) is 52.1 Å². The summed E-state index contributed by atoms with van der Waals surface area (Å²) in [7, 11) is 0. The quantitative estimate of drug-likeness (QED) is 0.326. The lowest BCUT2D eigenvalue weighted by atomic mass is 9.95. The van der Waals surface area contributed by atoms with Gasteiger partial charge in [-0.1, -0.05) is 31.1 Å². The Morgan fingerprint density at radius 1 is 1.67 bits per heavy atom. The van der Waals surface area contributed by atoms with Gasteiger partial charge < -0.3 is 0 Å². The first kappa shape index (κ1) is 11.0. The Kier molecular flexibility index (Phi) is 3.25. The van der Waals surface area contributed by atoms with E-state index in [2.05, 4.69) is 12.5 Å². The highest BCUT2D eigenvalue weighted by Gasteiger charge is 2.17. The number of nitro benzene ring substituents is 1. The molecule has 0 aliphatic rings. The summed E-state index contributed by atoms with van der Waals surface area (Å²) in [5.74, 6) is 2.38. The topological polar surface area (TPSA) is 43.1 Å².